The lowest BCUT2D eigenvalue weighted by Gasteiger charge is -2.18. The fourth-order valence-electron chi connectivity index (χ4n) is 2.38. The Kier molecular flexibility index (Phi) is 4.45. The number of hydrogen-bond donors (Lipinski definition) is 2. The molecule has 0 aliphatic rings. The Bertz CT molecular complexity index is 644. The molecule has 2 aromatic rings. The van der Waals surface area contributed by atoms with Gasteiger partial charge in [0.25, 0.3) is 0 Å². The van der Waals surface area contributed by atoms with Gasteiger partial charge < -0.3 is 11.1 Å². The molecule has 20 heavy (non-hydrogen) atoms. The molecule has 3 N–H and O–H groups in total. The van der Waals surface area contributed by atoms with E-state index >= 15 is 0 Å². The maximum atomic E-state index is 5.83. The Morgan fingerprint density at radius 1 is 1.25 bits per heavy atom. The second kappa shape index (κ2) is 5.94. The molecule has 0 aliphatic heterocycles. The van der Waals surface area contributed by atoms with Gasteiger partial charge in [0.1, 0.15) is 4.99 Å². The summed E-state index contributed by atoms with van der Waals surface area (Å²) in [7, 11) is 0. The Morgan fingerprint density at radius 3 is 2.50 bits per heavy atom. The molecule has 2 rings (SSSR count). The van der Waals surface area contributed by atoms with Crippen LogP contribution >= 0.6 is 23.6 Å². The molecule has 0 saturated heterocycles. The van der Waals surface area contributed by atoms with Crippen LogP contribution in [0.25, 0.3) is 0 Å². The summed E-state index contributed by atoms with van der Waals surface area (Å²) in [6.45, 7) is 8.51. The van der Waals surface area contributed by atoms with Crippen LogP contribution in [0, 0.1) is 20.8 Å². The molecule has 0 bridgehead atoms. The van der Waals surface area contributed by atoms with Crippen molar-refractivity contribution in [2.24, 2.45) is 5.73 Å². The molecule has 0 spiro atoms. The van der Waals surface area contributed by atoms with E-state index in [2.05, 4.69) is 44.3 Å². The van der Waals surface area contributed by atoms with Crippen molar-refractivity contribution in [3.05, 3.63) is 50.7 Å². The quantitative estimate of drug-likeness (QED) is 0.818. The van der Waals surface area contributed by atoms with Crippen molar-refractivity contribution in [3.8, 4) is 0 Å². The molecule has 4 heteroatoms. The van der Waals surface area contributed by atoms with E-state index in [1.54, 1.807) is 0 Å². The highest BCUT2D eigenvalue weighted by Gasteiger charge is 2.13. The van der Waals surface area contributed by atoms with Gasteiger partial charge in [-0.05, 0) is 51.5 Å². The van der Waals surface area contributed by atoms with Crippen molar-refractivity contribution in [2.45, 2.75) is 33.7 Å². The lowest BCUT2D eigenvalue weighted by molar-refractivity contribution is 0.881. The highest BCUT2D eigenvalue weighted by atomic mass is 32.1. The van der Waals surface area contributed by atoms with E-state index in [4.69, 9.17) is 18.0 Å². The van der Waals surface area contributed by atoms with Gasteiger partial charge in [0, 0.05) is 27.0 Å². The second-order valence-corrected chi connectivity index (χ2v) is 7.05. The summed E-state index contributed by atoms with van der Waals surface area (Å²) in [5.41, 5.74) is 10.2. The summed E-state index contributed by atoms with van der Waals surface area (Å²) in [6, 6.07) is 8.63. The van der Waals surface area contributed by atoms with Gasteiger partial charge in [-0.3, -0.25) is 0 Å². The first-order valence-corrected chi connectivity index (χ1v) is 7.85. The van der Waals surface area contributed by atoms with Gasteiger partial charge in [-0.1, -0.05) is 23.8 Å². The molecule has 106 valence electrons. The van der Waals surface area contributed by atoms with Gasteiger partial charge in [0.05, 0.1) is 0 Å². The monoisotopic (exact) mass is 304 g/mol. The molecule has 1 atom stereocenters. The van der Waals surface area contributed by atoms with E-state index in [1.807, 2.05) is 24.3 Å². The standard InChI is InChI=1S/C16H20N2S2/c1-9-5-6-15(14(7-9)16(17)19)18-11(3)13-8-10(2)20-12(13)4/h5-8,11,18H,1-4H3,(H2,17,19). The number of thiophene rings is 1. The topological polar surface area (TPSA) is 38.0 Å². The lowest BCUT2D eigenvalue weighted by Crippen LogP contribution is -2.15. The number of nitrogens with one attached hydrogen (secondary N) is 1. The van der Waals surface area contributed by atoms with E-state index in [0.717, 1.165) is 16.8 Å². The largest absolute Gasteiger partial charge is 0.389 e. The molecule has 0 fully saturated rings. The summed E-state index contributed by atoms with van der Waals surface area (Å²) < 4.78 is 0. The zero-order valence-electron chi connectivity index (χ0n) is 12.3. The Balaban J connectivity index is 2.30. The molecule has 1 heterocycles. The molecule has 0 amide bonds. The van der Waals surface area contributed by atoms with Crippen LogP contribution < -0.4 is 11.1 Å². The van der Waals surface area contributed by atoms with Crippen LogP contribution in [-0.4, -0.2) is 4.99 Å². The van der Waals surface area contributed by atoms with Gasteiger partial charge in [-0.2, -0.15) is 0 Å². The van der Waals surface area contributed by atoms with E-state index < -0.39 is 0 Å². The number of rotatable bonds is 4. The maximum absolute atomic E-state index is 5.83. The van der Waals surface area contributed by atoms with Gasteiger partial charge in [0.2, 0.25) is 0 Å². The van der Waals surface area contributed by atoms with E-state index in [0.29, 0.717) is 4.99 Å². The zero-order valence-corrected chi connectivity index (χ0v) is 13.9. The molecular weight excluding hydrogens is 284 g/mol. The average Bonchev–Trinajstić information content (AvgIpc) is 2.70. The Labute approximate surface area is 130 Å². The van der Waals surface area contributed by atoms with E-state index in [9.17, 15) is 0 Å². The molecule has 1 unspecified atom stereocenters. The molecule has 0 saturated carbocycles. The number of thiocarbonyl (C=S) groups is 1. The molecule has 0 aliphatic carbocycles. The smallest absolute Gasteiger partial charge is 0.106 e. The predicted molar refractivity (Wildman–Crippen MR) is 92.9 cm³/mol. The number of aryl methyl sites for hydroxylation is 3. The minimum absolute atomic E-state index is 0.232. The first kappa shape index (κ1) is 15.0. The Hall–Kier alpha value is -1.39. The first-order valence-electron chi connectivity index (χ1n) is 6.62. The molecule has 1 aromatic heterocycles. The molecule has 1 aromatic carbocycles. The SMILES string of the molecule is Cc1ccc(NC(C)c2cc(C)sc2C)c(C(N)=S)c1. The van der Waals surface area contributed by atoms with Gasteiger partial charge in [-0.25, -0.2) is 0 Å². The van der Waals surface area contributed by atoms with Crippen molar-refractivity contribution in [3.63, 3.8) is 0 Å². The third-order valence-corrected chi connectivity index (χ3v) is 4.56. The fourth-order valence-corrected chi connectivity index (χ4v) is 3.57. The van der Waals surface area contributed by atoms with Crippen molar-refractivity contribution in [2.75, 3.05) is 5.32 Å². The van der Waals surface area contributed by atoms with Crippen LogP contribution in [0.3, 0.4) is 0 Å². The molecule has 2 nitrogen and oxygen atoms in total. The van der Waals surface area contributed by atoms with Gasteiger partial charge in [-0.15, -0.1) is 11.3 Å². The fraction of sp³-hybridized carbons (Fsp3) is 0.312. The van der Waals surface area contributed by atoms with Crippen molar-refractivity contribution >= 4 is 34.2 Å². The first-order chi connectivity index (χ1) is 9.38. The van der Waals surface area contributed by atoms with E-state index in [-0.39, 0.29) is 6.04 Å². The van der Waals surface area contributed by atoms with Gasteiger partial charge >= 0.3 is 0 Å². The summed E-state index contributed by atoms with van der Waals surface area (Å²) in [4.78, 5) is 3.12. The van der Waals surface area contributed by atoms with Crippen molar-refractivity contribution in [1.82, 2.24) is 0 Å². The summed E-state index contributed by atoms with van der Waals surface area (Å²) in [5.74, 6) is 0. The summed E-state index contributed by atoms with van der Waals surface area (Å²) in [5, 5.41) is 3.53. The number of nitrogens with two attached hydrogens (primary N) is 1. The summed E-state index contributed by atoms with van der Waals surface area (Å²) >= 11 is 6.98. The number of hydrogen-bond acceptors (Lipinski definition) is 3. The van der Waals surface area contributed by atoms with E-state index in [1.165, 1.54) is 15.3 Å². The van der Waals surface area contributed by atoms with Crippen LogP contribution in [0.2, 0.25) is 0 Å². The van der Waals surface area contributed by atoms with Crippen LogP contribution in [-0.2, 0) is 0 Å². The zero-order chi connectivity index (χ0) is 14.9. The predicted octanol–water partition coefficient (Wildman–Crippen LogP) is 4.48. The minimum atomic E-state index is 0.232. The third-order valence-electron chi connectivity index (χ3n) is 3.36. The minimum Gasteiger partial charge on any atom is -0.389 e. The highest BCUT2D eigenvalue weighted by molar-refractivity contribution is 7.80. The van der Waals surface area contributed by atoms with Crippen molar-refractivity contribution < 1.29 is 0 Å². The number of benzene rings is 1. The van der Waals surface area contributed by atoms with Gasteiger partial charge in [0.15, 0.2) is 0 Å². The van der Waals surface area contributed by atoms with Crippen LogP contribution in [0.4, 0.5) is 5.69 Å². The Morgan fingerprint density at radius 2 is 1.95 bits per heavy atom. The highest BCUT2D eigenvalue weighted by Crippen LogP contribution is 2.29. The molecular formula is C16H20N2S2. The number of anilines is 1. The van der Waals surface area contributed by atoms with Crippen LogP contribution in [0.1, 0.15) is 39.4 Å². The normalized spacial score (nSPS) is 12.2. The average molecular weight is 304 g/mol. The molecule has 0 radical (unpaired) electrons. The maximum Gasteiger partial charge on any atom is 0.106 e. The van der Waals surface area contributed by atoms with Crippen LogP contribution in [0.5, 0.6) is 0 Å². The summed E-state index contributed by atoms with van der Waals surface area (Å²) in [6.07, 6.45) is 0. The lowest BCUT2D eigenvalue weighted by atomic mass is 10.1. The van der Waals surface area contributed by atoms with Crippen LogP contribution in [0.15, 0.2) is 24.3 Å². The van der Waals surface area contributed by atoms with Crippen molar-refractivity contribution in [1.29, 1.82) is 0 Å². The second-order valence-electron chi connectivity index (χ2n) is 5.15. The third kappa shape index (κ3) is 3.19.